The van der Waals surface area contributed by atoms with Gasteiger partial charge in [-0.3, -0.25) is 19.3 Å². The number of primary amides is 1. The number of carbonyl (C=O) groups is 2. The first-order valence-electron chi connectivity index (χ1n) is 8.38. The van der Waals surface area contributed by atoms with Crippen LogP contribution in [0.25, 0.3) is 4.91 Å². The highest BCUT2D eigenvalue weighted by atomic mass is 32.2. The van der Waals surface area contributed by atoms with Crippen molar-refractivity contribution in [2.45, 2.75) is 12.8 Å². The number of nitrogens with one attached hydrogen (secondary N) is 1. The van der Waals surface area contributed by atoms with Crippen molar-refractivity contribution in [1.29, 1.82) is 0 Å². The van der Waals surface area contributed by atoms with Gasteiger partial charge in [-0.15, -0.1) is 0 Å². The molecule has 27 heavy (non-hydrogen) atoms. The summed E-state index contributed by atoms with van der Waals surface area (Å²) >= 11 is 2.81. The number of aromatic nitrogens is 1. The molecule has 2 aromatic heterocycles. The molecule has 1 aliphatic heterocycles. The van der Waals surface area contributed by atoms with Crippen LogP contribution in [0.3, 0.4) is 0 Å². The van der Waals surface area contributed by atoms with Gasteiger partial charge in [0.15, 0.2) is 5.06 Å². The molecule has 2 aliphatic rings. The van der Waals surface area contributed by atoms with Gasteiger partial charge < -0.3 is 15.4 Å². The number of thiophene rings is 1. The fourth-order valence-corrected chi connectivity index (χ4v) is 5.36. The number of ether oxygens (including phenoxy) is 1. The number of nitrogens with zero attached hydrogens (tertiary/aromatic N) is 2. The molecule has 0 unspecified atom stereocenters. The van der Waals surface area contributed by atoms with Gasteiger partial charge in [-0.2, -0.15) is 0 Å². The van der Waals surface area contributed by atoms with Crippen LogP contribution < -0.4 is 15.2 Å². The van der Waals surface area contributed by atoms with Crippen LogP contribution in [0.15, 0.2) is 24.0 Å². The van der Waals surface area contributed by atoms with E-state index in [0.717, 1.165) is 35.4 Å². The summed E-state index contributed by atoms with van der Waals surface area (Å²) in [6.07, 6.45) is 4.74. The number of hydrogen-bond acceptors (Lipinski definition) is 7. The Bertz CT molecular complexity index is 981. The number of amides is 2. The summed E-state index contributed by atoms with van der Waals surface area (Å²) in [5, 5.41) is 0.610. The Labute approximate surface area is 164 Å². The van der Waals surface area contributed by atoms with Crippen LogP contribution in [-0.2, 0) is 6.42 Å². The molecule has 1 aliphatic carbocycles. The van der Waals surface area contributed by atoms with Gasteiger partial charge in [0.25, 0.3) is 11.8 Å². The maximum atomic E-state index is 12.2. The Morgan fingerprint density at radius 1 is 1.30 bits per heavy atom. The molecule has 2 amide bonds. The van der Waals surface area contributed by atoms with E-state index in [1.54, 1.807) is 38.3 Å². The van der Waals surface area contributed by atoms with Crippen LogP contribution in [0.4, 0.5) is 0 Å². The van der Waals surface area contributed by atoms with Gasteiger partial charge in [0, 0.05) is 37.3 Å². The van der Waals surface area contributed by atoms with Gasteiger partial charge in [-0.1, -0.05) is 11.3 Å². The third-order valence-corrected chi connectivity index (χ3v) is 6.57. The summed E-state index contributed by atoms with van der Waals surface area (Å²) in [7, 11) is 3.37. The van der Waals surface area contributed by atoms with Crippen molar-refractivity contribution in [3.05, 3.63) is 45.6 Å². The summed E-state index contributed by atoms with van der Waals surface area (Å²) in [4.78, 5) is 31.4. The van der Waals surface area contributed by atoms with Crippen molar-refractivity contribution in [2.24, 2.45) is 5.73 Å². The SMILES string of the molecule is CN(C)C(=O)c1cncc(Oc2sc(C(N)=O)c3c2C2=C(CC3)CNS2)c1. The van der Waals surface area contributed by atoms with Gasteiger partial charge in [-0.25, -0.2) is 0 Å². The predicted molar refractivity (Wildman–Crippen MR) is 106 cm³/mol. The average molecular weight is 403 g/mol. The average Bonchev–Trinajstić information content (AvgIpc) is 3.25. The van der Waals surface area contributed by atoms with Crippen LogP contribution in [0.5, 0.6) is 10.8 Å². The van der Waals surface area contributed by atoms with Crippen molar-refractivity contribution in [3.63, 3.8) is 0 Å². The van der Waals surface area contributed by atoms with Crippen molar-refractivity contribution in [3.8, 4) is 10.8 Å². The van der Waals surface area contributed by atoms with E-state index in [9.17, 15) is 9.59 Å². The minimum atomic E-state index is -0.444. The highest BCUT2D eigenvalue weighted by Crippen LogP contribution is 2.51. The van der Waals surface area contributed by atoms with Crippen molar-refractivity contribution < 1.29 is 14.3 Å². The number of nitrogens with two attached hydrogens (primary N) is 1. The first kappa shape index (κ1) is 18.0. The summed E-state index contributed by atoms with van der Waals surface area (Å²) in [6.45, 7) is 0.828. The monoisotopic (exact) mass is 402 g/mol. The third kappa shape index (κ3) is 3.22. The smallest absolute Gasteiger partial charge is 0.259 e. The standard InChI is InChI=1S/C18H18N4O3S2/c1-22(2)17(24)10-5-11(8-20-6-10)25-18-13-12(15(26-18)16(19)23)4-3-9-7-21-27-14(9)13/h5-6,8,21H,3-4,7H2,1-2H3,(H2,19,23). The summed E-state index contributed by atoms with van der Waals surface area (Å²) in [6, 6.07) is 1.66. The number of fused-ring (bicyclic) bond motifs is 2. The van der Waals surface area contributed by atoms with Crippen molar-refractivity contribution in [1.82, 2.24) is 14.6 Å². The Kier molecular flexibility index (Phi) is 4.67. The summed E-state index contributed by atoms with van der Waals surface area (Å²) in [5.41, 5.74) is 9.24. The van der Waals surface area contributed by atoms with E-state index in [1.165, 1.54) is 28.0 Å². The number of carbonyl (C=O) groups excluding carboxylic acids is 2. The van der Waals surface area contributed by atoms with E-state index in [1.807, 2.05) is 0 Å². The zero-order valence-corrected chi connectivity index (χ0v) is 16.5. The lowest BCUT2D eigenvalue weighted by Gasteiger charge is -2.16. The van der Waals surface area contributed by atoms with E-state index < -0.39 is 5.91 Å². The lowest BCUT2D eigenvalue weighted by molar-refractivity contribution is 0.0826. The second-order valence-electron chi connectivity index (χ2n) is 6.50. The molecule has 0 atom stereocenters. The maximum Gasteiger partial charge on any atom is 0.259 e. The van der Waals surface area contributed by atoms with Gasteiger partial charge in [0.2, 0.25) is 0 Å². The normalized spacial score (nSPS) is 15.3. The fourth-order valence-electron chi connectivity index (χ4n) is 3.19. The zero-order valence-electron chi connectivity index (χ0n) is 14.9. The molecule has 2 aromatic rings. The highest BCUT2D eigenvalue weighted by molar-refractivity contribution is 8.06. The predicted octanol–water partition coefficient (Wildman–Crippen LogP) is 2.64. The van der Waals surface area contributed by atoms with E-state index in [4.69, 9.17) is 10.5 Å². The van der Waals surface area contributed by atoms with E-state index >= 15 is 0 Å². The molecule has 7 nitrogen and oxygen atoms in total. The second kappa shape index (κ2) is 6.99. The van der Waals surface area contributed by atoms with E-state index in [2.05, 4.69) is 9.71 Å². The molecule has 0 bridgehead atoms. The maximum absolute atomic E-state index is 12.2. The molecule has 4 rings (SSSR count). The highest BCUT2D eigenvalue weighted by Gasteiger charge is 2.32. The topological polar surface area (TPSA) is 97.6 Å². The van der Waals surface area contributed by atoms with Gasteiger partial charge >= 0.3 is 0 Å². The van der Waals surface area contributed by atoms with Crippen LogP contribution in [0, 0.1) is 0 Å². The van der Waals surface area contributed by atoms with Crippen LogP contribution in [-0.4, -0.2) is 42.3 Å². The summed E-state index contributed by atoms with van der Waals surface area (Å²) < 4.78 is 9.37. The molecule has 0 aromatic carbocycles. The lowest BCUT2D eigenvalue weighted by Crippen LogP contribution is -2.21. The minimum absolute atomic E-state index is 0.153. The van der Waals surface area contributed by atoms with Crippen molar-refractivity contribution >= 4 is 40.0 Å². The molecule has 0 saturated heterocycles. The summed E-state index contributed by atoms with van der Waals surface area (Å²) in [5.74, 6) is -0.147. The third-order valence-electron chi connectivity index (χ3n) is 4.46. The quantitative estimate of drug-likeness (QED) is 0.763. The van der Waals surface area contributed by atoms with Crippen LogP contribution in [0.2, 0.25) is 0 Å². The van der Waals surface area contributed by atoms with Gasteiger partial charge in [0.1, 0.15) is 5.75 Å². The molecule has 0 spiro atoms. The van der Waals surface area contributed by atoms with Crippen molar-refractivity contribution in [2.75, 3.05) is 20.6 Å². The minimum Gasteiger partial charge on any atom is -0.444 e. The molecule has 9 heteroatoms. The van der Waals surface area contributed by atoms with E-state index in [-0.39, 0.29) is 5.91 Å². The zero-order chi connectivity index (χ0) is 19.1. The molecular weight excluding hydrogens is 384 g/mol. The molecule has 3 heterocycles. The molecule has 3 N–H and O–H groups in total. The van der Waals surface area contributed by atoms with Gasteiger partial charge in [0.05, 0.1) is 16.6 Å². The van der Waals surface area contributed by atoms with Crippen LogP contribution in [0.1, 0.15) is 37.6 Å². The fraction of sp³-hybridized carbons (Fsp3) is 0.278. The molecule has 0 radical (unpaired) electrons. The molecule has 0 saturated carbocycles. The Morgan fingerprint density at radius 2 is 2.11 bits per heavy atom. The lowest BCUT2D eigenvalue weighted by atomic mass is 9.93. The number of hydrogen-bond donors (Lipinski definition) is 2. The Hall–Kier alpha value is -2.36. The molecular formula is C18H18N4O3S2. The number of rotatable bonds is 4. The Balaban J connectivity index is 1.75. The van der Waals surface area contributed by atoms with Crippen LogP contribution >= 0.6 is 23.3 Å². The molecule has 140 valence electrons. The second-order valence-corrected chi connectivity index (χ2v) is 8.39. The molecule has 0 fully saturated rings. The Morgan fingerprint density at radius 3 is 2.85 bits per heavy atom. The first-order chi connectivity index (χ1) is 13.0. The largest absolute Gasteiger partial charge is 0.444 e. The first-order valence-corrected chi connectivity index (χ1v) is 10.0. The van der Waals surface area contributed by atoms with Gasteiger partial charge in [-0.05, 0) is 42.0 Å². The van der Waals surface area contributed by atoms with E-state index in [0.29, 0.717) is 21.3 Å². The number of pyridine rings is 1.